The van der Waals surface area contributed by atoms with Gasteiger partial charge in [-0.05, 0) is 18.2 Å². The number of thioether (sulfide) groups is 1. The lowest BCUT2D eigenvalue weighted by molar-refractivity contribution is -0.132. The topological polar surface area (TPSA) is 58.6 Å². The molecule has 1 heterocycles. The molecular formula is C14H16ClFN2O3S. The summed E-state index contributed by atoms with van der Waals surface area (Å²) in [5, 5.41) is 2.72. The lowest BCUT2D eigenvalue weighted by atomic mass is 10.3. The predicted octanol–water partition coefficient (Wildman–Crippen LogP) is 2.01. The summed E-state index contributed by atoms with van der Waals surface area (Å²) in [4.78, 5) is 25.3. The minimum atomic E-state index is -0.588. The van der Waals surface area contributed by atoms with E-state index in [1.165, 1.54) is 23.9 Å². The second kappa shape index (κ2) is 8.36. The number of rotatable bonds is 5. The van der Waals surface area contributed by atoms with Crippen LogP contribution in [0.3, 0.4) is 0 Å². The maximum Gasteiger partial charge on any atom is 0.234 e. The Morgan fingerprint density at radius 2 is 2.05 bits per heavy atom. The molecule has 2 rings (SSSR count). The van der Waals surface area contributed by atoms with Gasteiger partial charge in [0.05, 0.1) is 30.4 Å². The number of halogens is 2. The summed E-state index contributed by atoms with van der Waals surface area (Å²) >= 11 is 6.84. The Labute approximate surface area is 137 Å². The molecule has 22 heavy (non-hydrogen) atoms. The predicted molar refractivity (Wildman–Crippen MR) is 84.8 cm³/mol. The highest BCUT2D eigenvalue weighted by Crippen LogP contribution is 2.19. The normalized spacial score (nSPS) is 14.7. The van der Waals surface area contributed by atoms with Crippen molar-refractivity contribution in [3.05, 3.63) is 29.0 Å². The smallest absolute Gasteiger partial charge is 0.234 e. The minimum absolute atomic E-state index is 0.0150. The molecule has 120 valence electrons. The number of nitrogens with one attached hydrogen (secondary N) is 1. The Morgan fingerprint density at radius 3 is 2.73 bits per heavy atom. The maximum atomic E-state index is 13.5. The van der Waals surface area contributed by atoms with E-state index in [0.29, 0.717) is 26.3 Å². The van der Waals surface area contributed by atoms with Crippen LogP contribution in [0.15, 0.2) is 18.2 Å². The van der Waals surface area contributed by atoms with Crippen molar-refractivity contribution < 1.29 is 18.7 Å². The van der Waals surface area contributed by atoms with Crippen molar-refractivity contribution >= 4 is 40.9 Å². The van der Waals surface area contributed by atoms with Gasteiger partial charge >= 0.3 is 0 Å². The Morgan fingerprint density at radius 1 is 1.32 bits per heavy atom. The summed E-state index contributed by atoms with van der Waals surface area (Å²) in [6, 6.07) is 4.03. The number of carbonyl (C=O) groups is 2. The van der Waals surface area contributed by atoms with Gasteiger partial charge in [-0.25, -0.2) is 4.39 Å². The van der Waals surface area contributed by atoms with Crippen molar-refractivity contribution in [1.82, 2.24) is 4.90 Å². The van der Waals surface area contributed by atoms with Gasteiger partial charge in [-0.2, -0.15) is 0 Å². The largest absolute Gasteiger partial charge is 0.378 e. The lowest BCUT2D eigenvalue weighted by Gasteiger charge is -2.26. The number of amides is 2. The number of benzene rings is 1. The molecule has 5 nitrogen and oxygen atoms in total. The Bertz CT molecular complexity index is 553. The fourth-order valence-electron chi connectivity index (χ4n) is 1.91. The third-order valence-corrected chi connectivity index (χ3v) is 4.18. The van der Waals surface area contributed by atoms with E-state index in [0.717, 1.165) is 6.07 Å². The second-order valence-electron chi connectivity index (χ2n) is 4.66. The highest BCUT2D eigenvalue weighted by molar-refractivity contribution is 8.00. The minimum Gasteiger partial charge on any atom is -0.378 e. The Kier molecular flexibility index (Phi) is 6.48. The molecule has 2 amide bonds. The average Bonchev–Trinajstić information content (AvgIpc) is 2.51. The van der Waals surface area contributed by atoms with Gasteiger partial charge in [-0.15, -0.1) is 11.8 Å². The van der Waals surface area contributed by atoms with Gasteiger partial charge in [0.1, 0.15) is 5.82 Å². The monoisotopic (exact) mass is 346 g/mol. The molecule has 0 unspecified atom stereocenters. The number of hydrogen-bond acceptors (Lipinski definition) is 4. The zero-order valence-electron chi connectivity index (χ0n) is 11.8. The molecule has 0 bridgehead atoms. The van der Waals surface area contributed by atoms with Crippen molar-refractivity contribution in [1.29, 1.82) is 0 Å². The van der Waals surface area contributed by atoms with Crippen molar-refractivity contribution in [2.45, 2.75) is 0 Å². The third kappa shape index (κ3) is 5.15. The van der Waals surface area contributed by atoms with E-state index in [9.17, 15) is 14.0 Å². The standard InChI is InChI=1S/C14H16ClFN2O3S/c15-10-1-2-12(11(16)7-10)17-13(19)8-22-9-14(20)18-3-5-21-6-4-18/h1-2,7H,3-6,8-9H2,(H,17,19). The van der Waals surface area contributed by atoms with E-state index in [1.807, 2.05) is 0 Å². The van der Waals surface area contributed by atoms with Gasteiger partial charge in [0, 0.05) is 18.1 Å². The summed E-state index contributed by atoms with van der Waals surface area (Å²) in [5.74, 6) is -0.663. The van der Waals surface area contributed by atoms with Crippen LogP contribution >= 0.6 is 23.4 Å². The van der Waals surface area contributed by atoms with Crippen molar-refractivity contribution in [3.63, 3.8) is 0 Å². The lowest BCUT2D eigenvalue weighted by Crippen LogP contribution is -2.41. The molecule has 1 aromatic rings. The maximum absolute atomic E-state index is 13.5. The highest BCUT2D eigenvalue weighted by Gasteiger charge is 2.17. The van der Waals surface area contributed by atoms with Gasteiger partial charge in [0.25, 0.3) is 0 Å². The number of anilines is 1. The summed E-state index contributed by atoms with van der Waals surface area (Å²) in [5.41, 5.74) is 0.0782. The molecule has 0 aliphatic carbocycles. The fraction of sp³-hybridized carbons (Fsp3) is 0.429. The van der Waals surface area contributed by atoms with E-state index in [2.05, 4.69) is 5.32 Å². The van der Waals surface area contributed by atoms with E-state index in [4.69, 9.17) is 16.3 Å². The summed E-state index contributed by atoms with van der Waals surface area (Å²) < 4.78 is 18.7. The number of ether oxygens (including phenoxy) is 1. The summed E-state index contributed by atoms with van der Waals surface area (Å²) in [6.45, 7) is 2.27. The summed E-state index contributed by atoms with van der Waals surface area (Å²) in [7, 11) is 0. The van der Waals surface area contributed by atoms with Crippen molar-refractivity contribution in [2.24, 2.45) is 0 Å². The number of carbonyl (C=O) groups excluding carboxylic acids is 2. The van der Waals surface area contributed by atoms with Crippen LogP contribution in [0.5, 0.6) is 0 Å². The molecule has 1 fully saturated rings. The first-order chi connectivity index (χ1) is 10.6. The van der Waals surface area contributed by atoms with Gasteiger partial charge in [-0.3, -0.25) is 9.59 Å². The van der Waals surface area contributed by atoms with Crippen LogP contribution in [-0.4, -0.2) is 54.5 Å². The molecule has 1 aliphatic rings. The first-order valence-corrected chi connectivity index (χ1v) is 8.27. The fourth-order valence-corrected chi connectivity index (χ4v) is 2.79. The Hall–Kier alpha value is -1.31. The van der Waals surface area contributed by atoms with Crippen molar-refractivity contribution in [3.8, 4) is 0 Å². The SMILES string of the molecule is O=C(CSCC(=O)N1CCOCC1)Nc1ccc(Cl)cc1F. The first kappa shape index (κ1) is 17.1. The number of morpholine rings is 1. The molecular weight excluding hydrogens is 331 g/mol. The van der Waals surface area contributed by atoms with Crippen LogP contribution in [0.4, 0.5) is 10.1 Å². The molecule has 0 spiro atoms. The van der Waals surface area contributed by atoms with Crippen LogP contribution in [0.2, 0.25) is 5.02 Å². The highest BCUT2D eigenvalue weighted by atomic mass is 35.5. The zero-order valence-corrected chi connectivity index (χ0v) is 13.4. The third-order valence-electron chi connectivity index (χ3n) is 3.03. The van der Waals surface area contributed by atoms with Crippen molar-refractivity contribution in [2.75, 3.05) is 43.1 Å². The van der Waals surface area contributed by atoms with Crippen LogP contribution in [0.25, 0.3) is 0 Å². The van der Waals surface area contributed by atoms with Crippen LogP contribution in [0, 0.1) is 5.82 Å². The molecule has 1 aliphatic heterocycles. The molecule has 0 saturated carbocycles. The second-order valence-corrected chi connectivity index (χ2v) is 6.08. The molecule has 1 N–H and O–H groups in total. The van der Waals surface area contributed by atoms with Crippen LogP contribution in [-0.2, 0) is 14.3 Å². The quantitative estimate of drug-likeness (QED) is 0.886. The molecule has 1 saturated heterocycles. The molecule has 1 aromatic carbocycles. The molecule has 0 atom stereocenters. The van der Waals surface area contributed by atoms with E-state index < -0.39 is 5.82 Å². The first-order valence-electron chi connectivity index (χ1n) is 6.74. The van der Waals surface area contributed by atoms with E-state index in [1.54, 1.807) is 4.90 Å². The zero-order chi connectivity index (χ0) is 15.9. The van der Waals surface area contributed by atoms with Gasteiger partial charge in [0.2, 0.25) is 11.8 Å². The molecule has 8 heteroatoms. The van der Waals surface area contributed by atoms with Crippen LogP contribution < -0.4 is 5.32 Å². The van der Waals surface area contributed by atoms with E-state index in [-0.39, 0.29) is 34.0 Å². The van der Waals surface area contributed by atoms with Gasteiger partial charge in [-0.1, -0.05) is 11.6 Å². The molecule has 0 radical (unpaired) electrons. The molecule has 0 aromatic heterocycles. The van der Waals surface area contributed by atoms with E-state index >= 15 is 0 Å². The Balaban J connectivity index is 1.72. The summed E-state index contributed by atoms with van der Waals surface area (Å²) in [6.07, 6.45) is 0. The van der Waals surface area contributed by atoms with Crippen LogP contribution in [0.1, 0.15) is 0 Å². The average molecular weight is 347 g/mol. The number of hydrogen-bond donors (Lipinski definition) is 1. The van der Waals surface area contributed by atoms with Gasteiger partial charge < -0.3 is 15.0 Å². The number of nitrogens with zero attached hydrogens (tertiary/aromatic N) is 1. The van der Waals surface area contributed by atoms with Gasteiger partial charge in [0.15, 0.2) is 0 Å².